The van der Waals surface area contributed by atoms with E-state index in [0.29, 0.717) is 19.1 Å². The molecule has 102 valence electrons. The summed E-state index contributed by atoms with van der Waals surface area (Å²) in [7, 11) is 0. The van der Waals surface area contributed by atoms with Crippen LogP contribution >= 0.6 is 0 Å². The van der Waals surface area contributed by atoms with Crippen molar-refractivity contribution in [1.82, 2.24) is 9.97 Å². The fourth-order valence-corrected chi connectivity index (χ4v) is 2.14. The highest BCUT2D eigenvalue weighted by atomic mass is 16.5. The molecule has 1 aromatic heterocycles. The maximum atomic E-state index is 11.8. The average Bonchev–Trinajstić information content (AvgIpc) is 2.38. The monoisotopic (exact) mass is 261 g/mol. The van der Waals surface area contributed by atoms with E-state index >= 15 is 0 Å². The first-order valence-corrected chi connectivity index (χ1v) is 6.50. The van der Waals surface area contributed by atoms with Crippen LogP contribution in [0.15, 0.2) is 18.2 Å². The first-order chi connectivity index (χ1) is 9.10. The smallest absolute Gasteiger partial charge is 0.314 e. The number of anilines is 1. The van der Waals surface area contributed by atoms with E-state index in [1.807, 2.05) is 43.9 Å². The van der Waals surface area contributed by atoms with Gasteiger partial charge in [0.2, 0.25) is 5.95 Å². The molecule has 5 nitrogen and oxygen atoms in total. The maximum Gasteiger partial charge on any atom is 0.314 e. The summed E-state index contributed by atoms with van der Waals surface area (Å²) < 4.78 is 5.06. The topological polar surface area (TPSA) is 55.3 Å². The van der Waals surface area contributed by atoms with Crippen LogP contribution in [0, 0.1) is 19.8 Å². The van der Waals surface area contributed by atoms with Crippen molar-refractivity contribution in [3.05, 3.63) is 29.6 Å². The number of hydrogen-bond donors (Lipinski definition) is 0. The Morgan fingerprint density at radius 3 is 2.74 bits per heavy atom. The lowest BCUT2D eigenvalue weighted by Crippen LogP contribution is -2.37. The Bertz CT molecular complexity index is 479. The summed E-state index contributed by atoms with van der Waals surface area (Å²) in [5.41, 5.74) is 1.87. The largest absolute Gasteiger partial charge is 0.465 e. The van der Waals surface area contributed by atoms with Crippen molar-refractivity contribution in [3.63, 3.8) is 0 Å². The van der Waals surface area contributed by atoms with Gasteiger partial charge in [-0.3, -0.25) is 4.79 Å². The average molecular weight is 261 g/mol. The third-order valence-corrected chi connectivity index (χ3v) is 2.95. The Hall–Kier alpha value is -1.91. The SMILES string of the molecule is CCOC(=O)C1C=CCN(c2nc(C)cc(C)n2)C1. The van der Waals surface area contributed by atoms with Gasteiger partial charge in [-0.1, -0.05) is 12.2 Å². The molecular weight excluding hydrogens is 242 g/mol. The summed E-state index contributed by atoms with van der Waals surface area (Å²) in [5, 5.41) is 0. The lowest BCUT2D eigenvalue weighted by molar-refractivity contribution is -0.146. The fraction of sp³-hybridized carbons (Fsp3) is 0.500. The standard InChI is InChI=1S/C14H19N3O2/c1-4-19-13(18)12-6-5-7-17(9-12)14-15-10(2)8-11(3)16-14/h5-6,8,12H,4,7,9H2,1-3H3. The number of carbonyl (C=O) groups is 1. The van der Waals surface area contributed by atoms with Gasteiger partial charge < -0.3 is 9.64 Å². The summed E-state index contributed by atoms with van der Waals surface area (Å²) in [6.45, 7) is 7.40. The second kappa shape index (κ2) is 5.82. The number of nitrogens with zero attached hydrogens (tertiary/aromatic N) is 3. The molecule has 0 aromatic carbocycles. The van der Waals surface area contributed by atoms with Gasteiger partial charge in [0.25, 0.3) is 0 Å². The number of rotatable bonds is 3. The molecule has 0 amide bonds. The minimum Gasteiger partial charge on any atom is -0.465 e. The van der Waals surface area contributed by atoms with Gasteiger partial charge in [0.05, 0.1) is 12.5 Å². The molecule has 0 saturated heterocycles. The first kappa shape index (κ1) is 13.5. The van der Waals surface area contributed by atoms with Crippen molar-refractivity contribution in [2.24, 2.45) is 5.92 Å². The Morgan fingerprint density at radius 2 is 2.11 bits per heavy atom. The molecular formula is C14H19N3O2. The highest BCUT2D eigenvalue weighted by Gasteiger charge is 2.24. The summed E-state index contributed by atoms with van der Waals surface area (Å²) in [5.74, 6) is 0.252. The van der Waals surface area contributed by atoms with Gasteiger partial charge in [-0.05, 0) is 26.8 Å². The Kier molecular flexibility index (Phi) is 4.14. The third-order valence-electron chi connectivity index (χ3n) is 2.95. The van der Waals surface area contributed by atoms with Gasteiger partial charge in [0.15, 0.2) is 0 Å². The molecule has 19 heavy (non-hydrogen) atoms. The summed E-state index contributed by atoms with van der Waals surface area (Å²) in [6, 6.07) is 1.94. The van der Waals surface area contributed by atoms with Gasteiger partial charge in [0.1, 0.15) is 0 Å². The molecule has 0 spiro atoms. The molecule has 1 aliphatic heterocycles. The quantitative estimate of drug-likeness (QED) is 0.611. The normalized spacial score (nSPS) is 18.5. The van der Waals surface area contributed by atoms with E-state index in [4.69, 9.17) is 4.74 Å². The van der Waals surface area contributed by atoms with Crippen LogP contribution in [0.5, 0.6) is 0 Å². The van der Waals surface area contributed by atoms with Crippen LogP contribution in [0.1, 0.15) is 18.3 Å². The maximum absolute atomic E-state index is 11.8. The molecule has 2 heterocycles. The molecule has 0 saturated carbocycles. The third kappa shape index (κ3) is 3.30. The van der Waals surface area contributed by atoms with Crippen LogP contribution in [0.3, 0.4) is 0 Å². The van der Waals surface area contributed by atoms with Gasteiger partial charge >= 0.3 is 5.97 Å². The Labute approximate surface area is 113 Å². The molecule has 1 aromatic rings. The van der Waals surface area contributed by atoms with E-state index in [1.165, 1.54) is 0 Å². The number of carbonyl (C=O) groups excluding carboxylic acids is 1. The van der Waals surface area contributed by atoms with Gasteiger partial charge in [-0.15, -0.1) is 0 Å². The minimum absolute atomic E-state index is 0.187. The van der Waals surface area contributed by atoms with Crippen molar-refractivity contribution in [1.29, 1.82) is 0 Å². The van der Waals surface area contributed by atoms with Crippen LogP contribution in [0.25, 0.3) is 0 Å². The van der Waals surface area contributed by atoms with Gasteiger partial charge in [-0.2, -0.15) is 0 Å². The van der Waals surface area contributed by atoms with E-state index in [2.05, 4.69) is 9.97 Å². The Morgan fingerprint density at radius 1 is 1.42 bits per heavy atom. The first-order valence-electron chi connectivity index (χ1n) is 6.50. The van der Waals surface area contributed by atoms with Crippen molar-refractivity contribution in [2.75, 3.05) is 24.6 Å². The van der Waals surface area contributed by atoms with E-state index in [-0.39, 0.29) is 11.9 Å². The van der Waals surface area contributed by atoms with Gasteiger partial charge in [0, 0.05) is 24.5 Å². The highest BCUT2D eigenvalue weighted by molar-refractivity contribution is 5.75. The van der Waals surface area contributed by atoms with Crippen molar-refractivity contribution in [2.45, 2.75) is 20.8 Å². The zero-order valence-corrected chi connectivity index (χ0v) is 11.6. The van der Waals surface area contributed by atoms with Crippen molar-refractivity contribution in [3.8, 4) is 0 Å². The minimum atomic E-state index is -0.238. The molecule has 1 atom stereocenters. The van der Waals surface area contributed by atoms with Gasteiger partial charge in [-0.25, -0.2) is 9.97 Å². The molecule has 0 fully saturated rings. The zero-order chi connectivity index (χ0) is 13.8. The van der Waals surface area contributed by atoms with Crippen LogP contribution in [-0.4, -0.2) is 35.6 Å². The molecule has 1 unspecified atom stereocenters. The van der Waals surface area contributed by atoms with Crippen LogP contribution in [0.4, 0.5) is 5.95 Å². The van der Waals surface area contributed by atoms with Crippen molar-refractivity contribution >= 4 is 11.9 Å². The number of ether oxygens (including phenoxy) is 1. The molecule has 0 aliphatic carbocycles. The molecule has 1 aliphatic rings. The zero-order valence-electron chi connectivity index (χ0n) is 11.6. The highest BCUT2D eigenvalue weighted by Crippen LogP contribution is 2.17. The van der Waals surface area contributed by atoms with E-state index in [1.54, 1.807) is 0 Å². The Balaban J connectivity index is 2.14. The lowest BCUT2D eigenvalue weighted by Gasteiger charge is -2.28. The van der Waals surface area contributed by atoms with Crippen molar-refractivity contribution < 1.29 is 9.53 Å². The molecule has 2 rings (SSSR count). The van der Waals surface area contributed by atoms with Crippen LogP contribution in [0.2, 0.25) is 0 Å². The number of aryl methyl sites for hydroxylation is 2. The summed E-state index contributed by atoms with van der Waals surface area (Å²) in [6.07, 6.45) is 3.86. The number of hydrogen-bond acceptors (Lipinski definition) is 5. The number of aromatic nitrogens is 2. The summed E-state index contributed by atoms with van der Waals surface area (Å²) >= 11 is 0. The molecule has 5 heteroatoms. The van der Waals surface area contributed by atoms with E-state index < -0.39 is 0 Å². The van der Waals surface area contributed by atoms with Crippen LogP contribution in [-0.2, 0) is 9.53 Å². The lowest BCUT2D eigenvalue weighted by atomic mass is 10.1. The summed E-state index contributed by atoms with van der Waals surface area (Å²) in [4.78, 5) is 22.6. The second-order valence-electron chi connectivity index (χ2n) is 4.64. The second-order valence-corrected chi connectivity index (χ2v) is 4.64. The van der Waals surface area contributed by atoms with E-state index in [9.17, 15) is 4.79 Å². The van der Waals surface area contributed by atoms with E-state index in [0.717, 1.165) is 17.9 Å². The predicted octanol–water partition coefficient (Wildman–Crippen LogP) is 1.65. The molecule has 0 bridgehead atoms. The van der Waals surface area contributed by atoms with Crippen LogP contribution < -0.4 is 4.90 Å². The molecule has 0 radical (unpaired) electrons. The fourth-order valence-electron chi connectivity index (χ4n) is 2.14. The number of esters is 1. The predicted molar refractivity (Wildman–Crippen MR) is 73.0 cm³/mol. The molecule has 0 N–H and O–H groups in total.